The van der Waals surface area contributed by atoms with Crippen LogP contribution >= 0.6 is 0 Å². The second-order valence-corrected chi connectivity index (χ2v) is 7.12. The van der Waals surface area contributed by atoms with Crippen LogP contribution in [-0.2, 0) is 11.8 Å². The summed E-state index contributed by atoms with van der Waals surface area (Å²) in [6.07, 6.45) is 4.45. The van der Waals surface area contributed by atoms with E-state index in [1.54, 1.807) is 7.11 Å². The molecule has 0 saturated carbocycles. The molecule has 1 saturated heterocycles. The van der Waals surface area contributed by atoms with Crippen LogP contribution in [0.25, 0.3) is 0 Å². The minimum absolute atomic E-state index is 0. The van der Waals surface area contributed by atoms with Gasteiger partial charge < -0.3 is 19.5 Å². The summed E-state index contributed by atoms with van der Waals surface area (Å²) in [4.78, 5) is 2.47. The van der Waals surface area contributed by atoms with Gasteiger partial charge in [0.2, 0.25) is 0 Å². The van der Waals surface area contributed by atoms with Crippen molar-refractivity contribution >= 4 is 0 Å². The standard InChI is InChI=1S/C18H21NO3.Li/c1-19-8-7-18-11-4-5-13(20)17(18)22-16-14(21-2)6-3-10(15(16)18)9-12(11)19;/h3,5-6,11-12,17,20H,4,7-9H2,1-2H3;/q;+1/p-1/t11?,12-,17+,18+;/m1./s1. The monoisotopic (exact) mass is 305 g/mol. The van der Waals surface area contributed by atoms with Crippen LogP contribution in [0.5, 0.6) is 11.5 Å². The van der Waals surface area contributed by atoms with Gasteiger partial charge in [-0.25, -0.2) is 0 Å². The third-order valence-corrected chi connectivity index (χ3v) is 6.43. The zero-order valence-corrected chi connectivity index (χ0v) is 14.0. The van der Waals surface area contributed by atoms with E-state index < -0.39 is 0 Å². The van der Waals surface area contributed by atoms with Gasteiger partial charge in [-0.1, -0.05) is 17.9 Å². The van der Waals surface area contributed by atoms with E-state index in [0.29, 0.717) is 12.0 Å². The number of piperidine rings is 1. The Morgan fingerprint density at radius 3 is 3.00 bits per heavy atom. The largest absolute Gasteiger partial charge is 1.00 e. The van der Waals surface area contributed by atoms with Gasteiger partial charge in [0.05, 0.1) is 7.11 Å². The normalized spacial score (nSPS) is 36.4. The molecule has 116 valence electrons. The van der Waals surface area contributed by atoms with Crippen LogP contribution in [0.1, 0.15) is 24.0 Å². The number of hydrogen-bond acceptors (Lipinski definition) is 4. The van der Waals surface area contributed by atoms with Crippen molar-refractivity contribution < 1.29 is 33.4 Å². The maximum atomic E-state index is 12.6. The fraction of sp³-hybridized carbons (Fsp3) is 0.556. The summed E-state index contributed by atoms with van der Waals surface area (Å²) < 4.78 is 11.7. The molecule has 1 fully saturated rings. The van der Waals surface area contributed by atoms with Crippen LogP contribution < -0.4 is 33.4 Å². The minimum Gasteiger partial charge on any atom is -0.873 e. The number of methoxy groups -OCH3 is 1. The molecule has 1 unspecified atom stereocenters. The van der Waals surface area contributed by atoms with Gasteiger partial charge in [-0.3, -0.25) is 0 Å². The SMILES string of the molecule is COc1ccc2c3c1O[C@H]1C([O-])=CCC4[C@@H](C2)N(C)CC[C@@]341.[Li+]. The van der Waals surface area contributed by atoms with Crippen molar-refractivity contribution in [2.24, 2.45) is 5.92 Å². The molecule has 2 bridgehead atoms. The molecule has 0 N–H and O–H groups in total. The summed E-state index contributed by atoms with van der Waals surface area (Å²) in [5.41, 5.74) is 2.51. The Balaban J connectivity index is 0.00000135. The second-order valence-electron chi connectivity index (χ2n) is 7.12. The van der Waals surface area contributed by atoms with Crippen LogP contribution in [0.15, 0.2) is 24.0 Å². The van der Waals surface area contributed by atoms with E-state index in [1.165, 1.54) is 11.1 Å². The molecule has 4 atom stereocenters. The van der Waals surface area contributed by atoms with Crippen molar-refractivity contribution in [3.05, 3.63) is 35.1 Å². The van der Waals surface area contributed by atoms with E-state index >= 15 is 0 Å². The molecule has 1 spiro atoms. The minimum atomic E-state index is -0.340. The molecule has 1 aromatic rings. The van der Waals surface area contributed by atoms with E-state index in [2.05, 4.69) is 18.0 Å². The summed E-state index contributed by atoms with van der Waals surface area (Å²) in [7, 11) is 3.89. The summed E-state index contributed by atoms with van der Waals surface area (Å²) in [6, 6.07) is 4.68. The summed E-state index contributed by atoms with van der Waals surface area (Å²) in [6.45, 7) is 1.03. The number of likely N-dealkylation sites (N-methyl/N-ethyl adjacent to an activating group) is 1. The molecular weight excluding hydrogens is 285 g/mol. The van der Waals surface area contributed by atoms with Crippen molar-refractivity contribution in [3.63, 3.8) is 0 Å². The van der Waals surface area contributed by atoms with E-state index in [0.717, 1.165) is 37.3 Å². The van der Waals surface area contributed by atoms with Crippen LogP contribution in [0, 0.1) is 5.92 Å². The molecule has 0 radical (unpaired) electrons. The van der Waals surface area contributed by atoms with Crippen molar-refractivity contribution in [2.75, 3.05) is 20.7 Å². The first-order valence-electron chi connectivity index (χ1n) is 8.11. The van der Waals surface area contributed by atoms with Gasteiger partial charge in [0, 0.05) is 17.0 Å². The number of hydrogen-bond donors (Lipinski definition) is 0. The van der Waals surface area contributed by atoms with Crippen molar-refractivity contribution in [1.29, 1.82) is 0 Å². The van der Waals surface area contributed by atoms with Gasteiger partial charge >= 0.3 is 18.9 Å². The van der Waals surface area contributed by atoms with E-state index in [-0.39, 0.29) is 36.1 Å². The number of nitrogens with zero attached hydrogens (tertiary/aromatic N) is 1. The van der Waals surface area contributed by atoms with Crippen LogP contribution in [0.3, 0.4) is 0 Å². The molecule has 4 aliphatic rings. The maximum absolute atomic E-state index is 12.6. The first kappa shape index (κ1) is 15.4. The molecule has 23 heavy (non-hydrogen) atoms. The Morgan fingerprint density at radius 2 is 2.22 bits per heavy atom. The Hall–Kier alpha value is -1.08. The molecule has 2 heterocycles. The number of ether oxygens (including phenoxy) is 2. The van der Waals surface area contributed by atoms with Gasteiger partial charge in [0.15, 0.2) is 11.5 Å². The fourth-order valence-corrected chi connectivity index (χ4v) is 5.47. The van der Waals surface area contributed by atoms with Gasteiger partial charge in [0.25, 0.3) is 0 Å². The number of rotatable bonds is 1. The fourth-order valence-electron chi connectivity index (χ4n) is 5.47. The van der Waals surface area contributed by atoms with E-state index in [1.807, 2.05) is 12.1 Å². The molecule has 1 aromatic carbocycles. The maximum Gasteiger partial charge on any atom is 1.00 e. The second kappa shape index (κ2) is 4.96. The summed E-state index contributed by atoms with van der Waals surface area (Å²) in [5.74, 6) is 2.24. The average molecular weight is 305 g/mol. The zero-order valence-electron chi connectivity index (χ0n) is 14.0. The third kappa shape index (κ3) is 1.67. The summed E-state index contributed by atoms with van der Waals surface area (Å²) >= 11 is 0. The van der Waals surface area contributed by atoms with Crippen LogP contribution in [0.2, 0.25) is 0 Å². The van der Waals surface area contributed by atoms with E-state index in [9.17, 15) is 5.11 Å². The quantitative estimate of drug-likeness (QED) is 0.576. The first-order valence-corrected chi connectivity index (χ1v) is 8.11. The van der Waals surface area contributed by atoms with Crippen LogP contribution in [-0.4, -0.2) is 37.7 Å². The number of benzene rings is 1. The van der Waals surface area contributed by atoms with Gasteiger partial charge in [-0.05, 0) is 50.4 Å². The first-order chi connectivity index (χ1) is 10.7. The Bertz CT molecular complexity index is 704. The Kier molecular flexibility index (Phi) is 3.33. The Labute approximate surface area is 148 Å². The van der Waals surface area contributed by atoms with Crippen molar-refractivity contribution in [1.82, 2.24) is 4.90 Å². The summed E-state index contributed by atoms with van der Waals surface area (Å²) in [5, 5.41) is 12.6. The van der Waals surface area contributed by atoms with Gasteiger partial charge in [-0.15, -0.1) is 0 Å². The smallest absolute Gasteiger partial charge is 0.873 e. The molecule has 0 aromatic heterocycles. The molecule has 4 nitrogen and oxygen atoms in total. The predicted octanol–water partition coefficient (Wildman–Crippen LogP) is -1.78. The van der Waals surface area contributed by atoms with Gasteiger partial charge in [0.1, 0.15) is 6.10 Å². The third-order valence-electron chi connectivity index (χ3n) is 6.43. The molecule has 5 rings (SSSR count). The molecule has 2 aliphatic carbocycles. The Morgan fingerprint density at radius 1 is 1.39 bits per heavy atom. The van der Waals surface area contributed by atoms with Gasteiger partial charge in [-0.2, -0.15) is 0 Å². The van der Waals surface area contributed by atoms with Crippen molar-refractivity contribution in [3.8, 4) is 11.5 Å². The molecule has 5 heteroatoms. The average Bonchev–Trinajstić information content (AvgIpc) is 2.88. The number of likely N-dealkylation sites (tertiary alicyclic amines) is 1. The van der Waals surface area contributed by atoms with Crippen molar-refractivity contribution in [2.45, 2.75) is 36.8 Å². The van der Waals surface area contributed by atoms with Crippen LogP contribution in [0.4, 0.5) is 0 Å². The topological polar surface area (TPSA) is 44.8 Å². The molecule has 2 aliphatic heterocycles. The van der Waals surface area contributed by atoms with E-state index in [4.69, 9.17) is 9.47 Å². The zero-order chi connectivity index (χ0) is 15.1. The molecular formula is C18H20LiNO3. The predicted molar refractivity (Wildman–Crippen MR) is 80.0 cm³/mol. The molecule has 0 amide bonds. The number of allylic oxidation sites excluding steroid dienone is 1.